The van der Waals surface area contributed by atoms with E-state index in [0.717, 1.165) is 38.9 Å². The van der Waals surface area contributed by atoms with Crippen LogP contribution in [0.2, 0.25) is 5.02 Å². The van der Waals surface area contributed by atoms with E-state index in [-0.39, 0.29) is 0 Å². The van der Waals surface area contributed by atoms with Crippen LogP contribution in [0.4, 0.5) is 0 Å². The van der Waals surface area contributed by atoms with Crippen molar-refractivity contribution in [3.63, 3.8) is 0 Å². The zero-order chi connectivity index (χ0) is 15.1. The maximum atomic E-state index is 10.6. The van der Waals surface area contributed by atoms with Crippen molar-refractivity contribution in [2.24, 2.45) is 0 Å². The largest absolute Gasteiger partial charge is 0.492 e. The lowest BCUT2D eigenvalue weighted by Gasteiger charge is -2.26. The van der Waals surface area contributed by atoms with E-state index >= 15 is 0 Å². The van der Waals surface area contributed by atoms with E-state index in [1.165, 1.54) is 6.08 Å². The Morgan fingerprint density at radius 3 is 2.90 bits per heavy atom. The van der Waals surface area contributed by atoms with Gasteiger partial charge in [0.05, 0.1) is 18.2 Å². The van der Waals surface area contributed by atoms with Gasteiger partial charge in [-0.05, 0) is 18.2 Å². The molecule has 0 saturated carbocycles. The minimum atomic E-state index is -1.02. The number of nitrogens with zero attached hydrogens (tertiary/aromatic N) is 1. The number of carbonyl (C=O) groups is 1. The number of rotatable bonds is 6. The lowest BCUT2D eigenvalue weighted by atomic mass is 10.2. The van der Waals surface area contributed by atoms with Crippen LogP contribution in [0.25, 0.3) is 6.08 Å². The zero-order valence-electron chi connectivity index (χ0n) is 11.6. The molecule has 1 heterocycles. The number of carboxylic acid groups (broad SMARTS) is 1. The van der Waals surface area contributed by atoms with Crippen LogP contribution < -0.4 is 4.74 Å². The van der Waals surface area contributed by atoms with Crippen LogP contribution in [0.1, 0.15) is 5.56 Å². The van der Waals surface area contributed by atoms with Gasteiger partial charge < -0.3 is 14.6 Å². The summed E-state index contributed by atoms with van der Waals surface area (Å²) in [6.07, 6.45) is 2.50. The Hall–Kier alpha value is -1.56. The number of hydrogen-bond acceptors (Lipinski definition) is 4. The Balaban J connectivity index is 1.95. The smallest absolute Gasteiger partial charge is 0.328 e. The molecule has 6 heteroatoms. The standard InChI is InChI=1S/C15H18ClNO4/c16-13-2-1-3-14(12(13)4-5-15(18)19)21-11-8-17-6-9-20-10-7-17/h1-5H,6-11H2,(H,18,19)/b5-4+. The quantitative estimate of drug-likeness (QED) is 0.816. The average Bonchev–Trinajstić information content (AvgIpc) is 2.47. The number of morpholine rings is 1. The number of benzene rings is 1. The van der Waals surface area contributed by atoms with Gasteiger partial charge in [0.25, 0.3) is 0 Å². The Morgan fingerprint density at radius 2 is 2.19 bits per heavy atom. The first-order valence-electron chi connectivity index (χ1n) is 6.79. The minimum Gasteiger partial charge on any atom is -0.492 e. The van der Waals surface area contributed by atoms with Crippen LogP contribution in [0.3, 0.4) is 0 Å². The molecule has 0 radical (unpaired) electrons. The molecule has 0 bridgehead atoms. The first-order valence-corrected chi connectivity index (χ1v) is 7.17. The molecule has 0 spiro atoms. The second-order valence-electron chi connectivity index (χ2n) is 4.63. The van der Waals surface area contributed by atoms with Crippen molar-refractivity contribution < 1.29 is 19.4 Å². The summed E-state index contributed by atoms with van der Waals surface area (Å²) in [5.74, 6) is -0.428. The third-order valence-corrected chi connectivity index (χ3v) is 3.50. The Labute approximate surface area is 128 Å². The van der Waals surface area contributed by atoms with Gasteiger partial charge in [-0.25, -0.2) is 4.79 Å². The Morgan fingerprint density at radius 1 is 1.43 bits per heavy atom. The summed E-state index contributed by atoms with van der Waals surface area (Å²) < 4.78 is 11.0. The van der Waals surface area contributed by atoms with Gasteiger partial charge in [-0.1, -0.05) is 17.7 Å². The molecule has 1 saturated heterocycles. The number of carboxylic acids is 1. The Kier molecular flexibility index (Phi) is 6.04. The topological polar surface area (TPSA) is 59.0 Å². The van der Waals surface area contributed by atoms with Crippen molar-refractivity contribution in [2.75, 3.05) is 39.5 Å². The maximum Gasteiger partial charge on any atom is 0.328 e. The molecule has 5 nitrogen and oxygen atoms in total. The second kappa shape index (κ2) is 8.02. The van der Waals surface area contributed by atoms with Crippen molar-refractivity contribution in [3.8, 4) is 5.75 Å². The summed E-state index contributed by atoms with van der Waals surface area (Å²) >= 11 is 6.09. The fourth-order valence-electron chi connectivity index (χ4n) is 2.07. The van der Waals surface area contributed by atoms with Gasteiger partial charge in [-0.3, -0.25) is 4.90 Å². The van der Waals surface area contributed by atoms with Gasteiger partial charge in [0.15, 0.2) is 0 Å². The second-order valence-corrected chi connectivity index (χ2v) is 5.03. The van der Waals surface area contributed by atoms with E-state index in [9.17, 15) is 4.79 Å². The van der Waals surface area contributed by atoms with E-state index in [0.29, 0.717) is 22.9 Å². The zero-order valence-corrected chi connectivity index (χ0v) is 12.4. The summed E-state index contributed by atoms with van der Waals surface area (Å²) in [5, 5.41) is 9.18. The molecule has 1 N–H and O–H groups in total. The minimum absolute atomic E-state index is 0.469. The van der Waals surface area contributed by atoms with Crippen LogP contribution in [0.5, 0.6) is 5.75 Å². The highest BCUT2D eigenvalue weighted by atomic mass is 35.5. The SMILES string of the molecule is O=C(O)/C=C/c1c(Cl)cccc1OCCN1CCOCC1. The third kappa shape index (κ3) is 5.04. The van der Waals surface area contributed by atoms with Crippen LogP contribution in [0.15, 0.2) is 24.3 Å². The van der Waals surface area contributed by atoms with Crippen molar-refractivity contribution >= 4 is 23.6 Å². The van der Waals surface area contributed by atoms with Crippen molar-refractivity contribution in [1.29, 1.82) is 0 Å². The van der Waals surface area contributed by atoms with Crippen LogP contribution in [0, 0.1) is 0 Å². The van der Waals surface area contributed by atoms with E-state index in [4.69, 9.17) is 26.2 Å². The molecule has 1 aliphatic rings. The molecule has 1 aromatic carbocycles. The predicted octanol–water partition coefficient (Wildman–Crippen LogP) is 2.15. The lowest BCUT2D eigenvalue weighted by molar-refractivity contribution is -0.131. The Bertz CT molecular complexity index is 512. The van der Waals surface area contributed by atoms with E-state index in [1.807, 2.05) is 0 Å². The number of hydrogen-bond donors (Lipinski definition) is 1. The predicted molar refractivity (Wildman–Crippen MR) is 80.9 cm³/mol. The van der Waals surface area contributed by atoms with Gasteiger partial charge in [0.1, 0.15) is 12.4 Å². The molecule has 2 rings (SSSR count). The summed E-state index contributed by atoms with van der Waals surface area (Å²) in [4.78, 5) is 12.9. The van der Waals surface area contributed by atoms with Gasteiger partial charge in [0, 0.05) is 31.3 Å². The molecule has 1 aromatic rings. The number of halogens is 1. The first-order chi connectivity index (χ1) is 10.2. The highest BCUT2D eigenvalue weighted by Crippen LogP contribution is 2.27. The summed E-state index contributed by atoms with van der Waals surface area (Å²) in [6, 6.07) is 5.27. The highest BCUT2D eigenvalue weighted by Gasteiger charge is 2.11. The van der Waals surface area contributed by atoms with Crippen molar-refractivity contribution in [2.45, 2.75) is 0 Å². The molecule has 1 fully saturated rings. The molecule has 0 aromatic heterocycles. The van der Waals surface area contributed by atoms with E-state index in [1.54, 1.807) is 18.2 Å². The van der Waals surface area contributed by atoms with Crippen LogP contribution in [-0.2, 0) is 9.53 Å². The normalized spacial score (nSPS) is 16.2. The van der Waals surface area contributed by atoms with Crippen LogP contribution >= 0.6 is 11.6 Å². The molecule has 1 aliphatic heterocycles. The first kappa shape index (κ1) is 15.8. The molecular formula is C15H18ClNO4. The molecular weight excluding hydrogens is 294 g/mol. The molecule has 114 valence electrons. The molecule has 0 aliphatic carbocycles. The fourth-order valence-corrected chi connectivity index (χ4v) is 2.30. The third-order valence-electron chi connectivity index (χ3n) is 3.17. The summed E-state index contributed by atoms with van der Waals surface area (Å²) in [5.41, 5.74) is 0.587. The van der Waals surface area contributed by atoms with Gasteiger partial charge in [-0.2, -0.15) is 0 Å². The summed E-state index contributed by atoms with van der Waals surface area (Å²) in [7, 11) is 0. The monoisotopic (exact) mass is 311 g/mol. The number of ether oxygens (including phenoxy) is 2. The average molecular weight is 312 g/mol. The van der Waals surface area contributed by atoms with Crippen LogP contribution in [-0.4, -0.2) is 55.4 Å². The maximum absolute atomic E-state index is 10.6. The lowest BCUT2D eigenvalue weighted by Crippen LogP contribution is -2.38. The number of aliphatic carboxylic acids is 1. The van der Waals surface area contributed by atoms with E-state index in [2.05, 4.69) is 4.90 Å². The molecule has 21 heavy (non-hydrogen) atoms. The van der Waals surface area contributed by atoms with Gasteiger partial charge in [-0.15, -0.1) is 0 Å². The van der Waals surface area contributed by atoms with Gasteiger partial charge >= 0.3 is 5.97 Å². The van der Waals surface area contributed by atoms with Crippen molar-refractivity contribution in [3.05, 3.63) is 34.9 Å². The highest BCUT2D eigenvalue weighted by molar-refractivity contribution is 6.32. The summed E-state index contributed by atoms with van der Waals surface area (Å²) in [6.45, 7) is 4.65. The molecule has 0 atom stereocenters. The molecule has 0 amide bonds. The van der Waals surface area contributed by atoms with Gasteiger partial charge in [0.2, 0.25) is 0 Å². The fraction of sp³-hybridized carbons (Fsp3) is 0.400. The van der Waals surface area contributed by atoms with Crippen molar-refractivity contribution in [1.82, 2.24) is 4.90 Å². The van der Waals surface area contributed by atoms with E-state index < -0.39 is 5.97 Å². The molecule has 0 unspecified atom stereocenters.